The lowest BCUT2D eigenvalue weighted by atomic mass is 10.0. The largest absolute Gasteiger partial charge is 0.378 e. The Morgan fingerprint density at radius 3 is 2.24 bits per heavy atom. The van der Waals surface area contributed by atoms with E-state index in [1.165, 1.54) is 0 Å². The van der Waals surface area contributed by atoms with Crippen molar-refractivity contribution in [3.8, 4) is 0 Å². The molecule has 0 aromatic heterocycles. The Bertz CT molecular complexity index is 192. The minimum Gasteiger partial charge on any atom is -0.378 e. The Morgan fingerprint density at radius 2 is 1.71 bits per heavy atom. The van der Waals surface area contributed by atoms with Crippen molar-refractivity contribution in [1.82, 2.24) is 10.6 Å². The second-order valence-corrected chi connectivity index (χ2v) is 4.53. The summed E-state index contributed by atoms with van der Waals surface area (Å²) in [5.74, 6) is 0.302. The first-order chi connectivity index (χ1) is 8.11. The van der Waals surface area contributed by atoms with E-state index >= 15 is 0 Å². The zero-order valence-corrected chi connectivity index (χ0v) is 11.7. The number of carbonyl (C=O) groups excluding carboxylic acids is 1. The van der Waals surface area contributed by atoms with Crippen LogP contribution in [0.2, 0.25) is 0 Å². The third kappa shape index (κ3) is 9.12. The summed E-state index contributed by atoms with van der Waals surface area (Å²) in [4.78, 5) is 11.6. The Morgan fingerprint density at radius 1 is 1.12 bits per heavy atom. The second kappa shape index (κ2) is 10.5. The SMILES string of the molecule is CCC(CC)C(=O)NCCOCCNC(C)C. The van der Waals surface area contributed by atoms with Crippen LogP contribution < -0.4 is 10.6 Å². The van der Waals surface area contributed by atoms with Gasteiger partial charge in [0.05, 0.1) is 13.2 Å². The molecule has 0 saturated carbocycles. The number of hydrogen-bond donors (Lipinski definition) is 2. The minimum atomic E-state index is 0.151. The molecule has 0 atom stereocenters. The molecule has 4 heteroatoms. The first-order valence-electron chi connectivity index (χ1n) is 6.70. The van der Waals surface area contributed by atoms with Crippen LogP contribution in [0.1, 0.15) is 40.5 Å². The highest BCUT2D eigenvalue weighted by molar-refractivity contribution is 5.78. The summed E-state index contributed by atoms with van der Waals surface area (Å²) in [6.07, 6.45) is 1.81. The van der Waals surface area contributed by atoms with Gasteiger partial charge in [0.1, 0.15) is 0 Å². The normalized spacial score (nSPS) is 11.2. The molecule has 0 bridgehead atoms. The number of hydrogen-bond acceptors (Lipinski definition) is 3. The summed E-state index contributed by atoms with van der Waals surface area (Å²) in [7, 11) is 0. The number of ether oxygens (including phenoxy) is 1. The Kier molecular flexibility index (Phi) is 10.2. The molecule has 102 valence electrons. The molecule has 1 amide bonds. The molecule has 0 spiro atoms. The van der Waals surface area contributed by atoms with Crippen molar-refractivity contribution in [1.29, 1.82) is 0 Å². The molecule has 17 heavy (non-hydrogen) atoms. The highest BCUT2D eigenvalue weighted by Crippen LogP contribution is 2.06. The van der Waals surface area contributed by atoms with E-state index in [1.807, 2.05) is 13.8 Å². The topological polar surface area (TPSA) is 50.4 Å². The third-order valence-corrected chi connectivity index (χ3v) is 2.70. The smallest absolute Gasteiger partial charge is 0.223 e. The first-order valence-corrected chi connectivity index (χ1v) is 6.70. The highest BCUT2D eigenvalue weighted by Gasteiger charge is 2.12. The van der Waals surface area contributed by atoms with Crippen molar-refractivity contribution in [3.05, 3.63) is 0 Å². The van der Waals surface area contributed by atoms with E-state index in [2.05, 4.69) is 24.5 Å². The van der Waals surface area contributed by atoms with E-state index in [0.29, 0.717) is 25.8 Å². The minimum absolute atomic E-state index is 0.151. The van der Waals surface area contributed by atoms with Crippen LogP contribution in [-0.2, 0) is 9.53 Å². The maximum atomic E-state index is 11.6. The number of nitrogens with one attached hydrogen (secondary N) is 2. The van der Waals surface area contributed by atoms with Crippen LogP contribution in [0.4, 0.5) is 0 Å². The second-order valence-electron chi connectivity index (χ2n) is 4.53. The molecule has 0 aliphatic rings. The Labute approximate surface area is 105 Å². The lowest BCUT2D eigenvalue weighted by Gasteiger charge is -2.13. The fraction of sp³-hybridized carbons (Fsp3) is 0.923. The Balaban J connectivity index is 3.36. The van der Waals surface area contributed by atoms with Crippen molar-refractivity contribution in [2.75, 3.05) is 26.3 Å². The molecule has 0 aliphatic heterocycles. The van der Waals surface area contributed by atoms with Crippen molar-refractivity contribution in [2.24, 2.45) is 5.92 Å². The van der Waals surface area contributed by atoms with Gasteiger partial charge in [-0.3, -0.25) is 4.79 Å². The first kappa shape index (κ1) is 16.4. The number of rotatable bonds is 10. The summed E-state index contributed by atoms with van der Waals surface area (Å²) in [6, 6.07) is 0.494. The fourth-order valence-electron chi connectivity index (χ4n) is 1.57. The molecule has 4 nitrogen and oxygen atoms in total. The van der Waals surface area contributed by atoms with E-state index < -0.39 is 0 Å². The van der Waals surface area contributed by atoms with Crippen molar-refractivity contribution < 1.29 is 9.53 Å². The van der Waals surface area contributed by atoms with E-state index in [0.717, 1.165) is 19.4 Å². The number of amides is 1. The summed E-state index contributed by atoms with van der Waals surface area (Å²) in [6.45, 7) is 11.1. The highest BCUT2D eigenvalue weighted by atomic mass is 16.5. The number of carbonyl (C=O) groups is 1. The lowest BCUT2D eigenvalue weighted by Crippen LogP contribution is -2.33. The predicted molar refractivity (Wildman–Crippen MR) is 71.0 cm³/mol. The van der Waals surface area contributed by atoms with Crippen LogP contribution in [0.3, 0.4) is 0 Å². The maximum Gasteiger partial charge on any atom is 0.223 e. The van der Waals surface area contributed by atoms with Crippen molar-refractivity contribution in [3.63, 3.8) is 0 Å². The molecule has 0 saturated heterocycles. The molecule has 2 N–H and O–H groups in total. The van der Waals surface area contributed by atoms with Crippen LogP contribution in [0, 0.1) is 5.92 Å². The average Bonchev–Trinajstić information content (AvgIpc) is 2.29. The average molecular weight is 244 g/mol. The molecule has 0 unspecified atom stereocenters. The van der Waals surface area contributed by atoms with Gasteiger partial charge in [-0.15, -0.1) is 0 Å². The fourth-order valence-corrected chi connectivity index (χ4v) is 1.57. The molecule has 0 fully saturated rings. The molecular weight excluding hydrogens is 216 g/mol. The van der Waals surface area contributed by atoms with Gasteiger partial charge in [-0.25, -0.2) is 0 Å². The van der Waals surface area contributed by atoms with Gasteiger partial charge < -0.3 is 15.4 Å². The molecule has 0 aromatic rings. The van der Waals surface area contributed by atoms with Crippen LogP contribution in [0.5, 0.6) is 0 Å². The molecule has 0 aromatic carbocycles. The lowest BCUT2D eigenvalue weighted by molar-refractivity contribution is -0.125. The van der Waals surface area contributed by atoms with Gasteiger partial charge in [-0.2, -0.15) is 0 Å². The molecule has 0 radical (unpaired) electrons. The molecule has 0 aliphatic carbocycles. The van der Waals surface area contributed by atoms with Crippen LogP contribution in [0.25, 0.3) is 0 Å². The van der Waals surface area contributed by atoms with Crippen molar-refractivity contribution in [2.45, 2.75) is 46.6 Å². The van der Waals surface area contributed by atoms with E-state index in [1.54, 1.807) is 0 Å². The monoisotopic (exact) mass is 244 g/mol. The quantitative estimate of drug-likeness (QED) is 0.573. The zero-order valence-electron chi connectivity index (χ0n) is 11.7. The van der Waals surface area contributed by atoms with E-state index in [4.69, 9.17) is 4.74 Å². The van der Waals surface area contributed by atoms with Gasteiger partial charge in [0.25, 0.3) is 0 Å². The molecule has 0 rings (SSSR count). The molecule has 0 heterocycles. The summed E-state index contributed by atoms with van der Waals surface area (Å²) < 4.78 is 5.40. The van der Waals surface area contributed by atoms with E-state index in [9.17, 15) is 4.79 Å². The molecular formula is C13H28N2O2. The van der Waals surface area contributed by atoms with Gasteiger partial charge in [0, 0.05) is 25.0 Å². The summed E-state index contributed by atoms with van der Waals surface area (Å²) >= 11 is 0. The van der Waals surface area contributed by atoms with Gasteiger partial charge in [0.2, 0.25) is 5.91 Å². The zero-order chi connectivity index (χ0) is 13.1. The Hall–Kier alpha value is -0.610. The van der Waals surface area contributed by atoms with Gasteiger partial charge in [-0.1, -0.05) is 27.7 Å². The summed E-state index contributed by atoms with van der Waals surface area (Å²) in [5, 5.41) is 6.17. The van der Waals surface area contributed by atoms with E-state index in [-0.39, 0.29) is 11.8 Å². The third-order valence-electron chi connectivity index (χ3n) is 2.70. The predicted octanol–water partition coefficient (Wildman–Crippen LogP) is 1.55. The van der Waals surface area contributed by atoms with Crippen LogP contribution >= 0.6 is 0 Å². The standard InChI is InChI=1S/C13H28N2O2/c1-5-12(6-2)13(16)15-8-10-17-9-7-14-11(3)4/h11-12,14H,5-10H2,1-4H3,(H,15,16). The van der Waals surface area contributed by atoms with Gasteiger partial charge >= 0.3 is 0 Å². The summed E-state index contributed by atoms with van der Waals surface area (Å²) in [5.41, 5.74) is 0. The van der Waals surface area contributed by atoms with Gasteiger partial charge in [-0.05, 0) is 12.8 Å². The van der Waals surface area contributed by atoms with Crippen molar-refractivity contribution >= 4 is 5.91 Å². The maximum absolute atomic E-state index is 11.6. The van der Waals surface area contributed by atoms with Crippen LogP contribution in [-0.4, -0.2) is 38.3 Å². The van der Waals surface area contributed by atoms with Crippen LogP contribution in [0.15, 0.2) is 0 Å². The van der Waals surface area contributed by atoms with Gasteiger partial charge in [0.15, 0.2) is 0 Å².